The lowest BCUT2D eigenvalue weighted by Crippen LogP contribution is -2.39. The van der Waals surface area contributed by atoms with Crippen LogP contribution in [0.1, 0.15) is 48.2 Å². The number of benzene rings is 1. The van der Waals surface area contributed by atoms with Crippen molar-refractivity contribution in [2.75, 3.05) is 7.05 Å². The first-order valence-electron chi connectivity index (χ1n) is 8.47. The van der Waals surface area contributed by atoms with Crippen LogP contribution in [0.25, 0.3) is 5.69 Å². The zero-order valence-corrected chi connectivity index (χ0v) is 14.3. The number of carbonyl (C=O) groups is 1. The molecule has 1 aliphatic carbocycles. The van der Waals surface area contributed by atoms with Gasteiger partial charge in [-0.2, -0.15) is 18.3 Å². The molecule has 1 heterocycles. The number of carbonyl (C=O) groups excluding carboxylic acids is 1. The average Bonchev–Trinajstić information content (AvgIpc) is 3.07. The Morgan fingerprint density at radius 2 is 1.77 bits per heavy atom. The van der Waals surface area contributed by atoms with Gasteiger partial charge in [-0.15, -0.1) is 0 Å². The van der Waals surface area contributed by atoms with Crippen LogP contribution in [-0.4, -0.2) is 33.7 Å². The molecule has 0 aliphatic heterocycles. The van der Waals surface area contributed by atoms with E-state index in [1.165, 1.54) is 24.1 Å². The van der Waals surface area contributed by atoms with E-state index in [0.29, 0.717) is 4.68 Å². The van der Waals surface area contributed by atoms with Crippen LogP contribution in [0.3, 0.4) is 0 Å². The Kier molecular flexibility index (Phi) is 5.02. The number of alkyl halides is 3. The van der Waals surface area contributed by atoms with Crippen LogP contribution >= 0.6 is 0 Å². The maximum absolute atomic E-state index is 13.7. The molecular formula is C18H19F4N3O. The number of hydrogen-bond acceptors (Lipinski definition) is 2. The summed E-state index contributed by atoms with van der Waals surface area (Å²) >= 11 is 0. The lowest BCUT2D eigenvalue weighted by atomic mass is 9.94. The predicted molar refractivity (Wildman–Crippen MR) is 87.5 cm³/mol. The average molecular weight is 369 g/mol. The number of nitrogens with zero attached hydrogens (tertiary/aromatic N) is 3. The highest BCUT2D eigenvalue weighted by Crippen LogP contribution is 2.35. The van der Waals surface area contributed by atoms with Crippen LogP contribution in [0.2, 0.25) is 0 Å². The van der Waals surface area contributed by atoms with Crippen LogP contribution in [-0.2, 0) is 6.18 Å². The first kappa shape index (κ1) is 18.4. The van der Waals surface area contributed by atoms with Gasteiger partial charge in [0.05, 0.1) is 17.4 Å². The molecule has 1 aromatic heterocycles. The van der Waals surface area contributed by atoms with E-state index in [-0.39, 0.29) is 11.7 Å². The number of rotatable bonds is 3. The minimum atomic E-state index is -4.77. The Morgan fingerprint density at radius 3 is 2.35 bits per heavy atom. The Balaban J connectivity index is 1.99. The van der Waals surface area contributed by atoms with Gasteiger partial charge < -0.3 is 4.90 Å². The number of amides is 1. The predicted octanol–water partition coefficient (Wildman–Crippen LogP) is 4.43. The molecule has 140 valence electrons. The molecule has 0 unspecified atom stereocenters. The quantitative estimate of drug-likeness (QED) is 0.751. The van der Waals surface area contributed by atoms with Crippen molar-refractivity contribution in [3.05, 3.63) is 47.5 Å². The molecule has 2 aromatic rings. The van der Waals surface area contributed by atoms with Crippen LogP contribution in [0.4, 0.5) is 17.6 Å². The largest absolute Gasteiger partial charge is 0.434 e. The SMILES string of the molecule is CN(C(=O)c1cnn(-c2ccc(F)cc2)c1C(F)(F)F)C1CCCCC1. The van der Waals surface area contributed by atoms with Crippen molar-refractivity contribution in [3.8, 4) is 5.69 Å². The van der Waals surface area contributed by atoms with E-state index >= 15 is 0 Å². The number of halogens is 4. The van der Waals surface area contributed by atoms with Crippen molar-refractivity contribution in [3.63, 3.8) is 0 Å². The molecule has 1 saturated carbocycles. The van der Waals surface area contributed by atoms with E-state index in [1.807, 2.05) is 0 Å². The van der Waals surface area contributed by atoms with Crippen molar-refractivity contribution >= 4 is 5.91 Å². The van der Waals surface area contributed by atoms with Crippen molar-refractivity contribution in [1.82, 2.24) is 14.7 Å². The monoisotopic (exact) mass is 369 g/mol. The topological polar surface area (TPSA) is 38.1 Å². The molecule has 26 heavy (non-hydrogen) atoms. The number of aromatic nitrogens is 2. The molecule has 0 saturated heterocycles. The molecule has 1 aliphatic rings. The highest BCUT2D eigenvalue weighted by molar-refractivity contribution is 5.95. The van der Waals surface area contributed by atoms with E-state index in [2.05, 4.69) is 5.10 Å². The fourth-order valence-corrected chi connectivity index (χ4v) is 3.38. The summed E-state index contributed by atoms with van der Waals surface area (Å²) < 4.78 is 54.7. The molecule has 3 rings (SSSR count). The summed E-state index contributed by atoms with van der Waals surface area (Å²) in [6.45, 7) is 0. The van der Waals surface area contributed by atoms with E-state index in [0.717, 1.165) is 50.4 Å². The van der Waals surface area contributed by atoms with Crippen molar-refractivity contribution in [1.29, 1.82) is 0 Å². The normalized spacial score (nSPS) is 15.9. The zero-order chi connectivity index (χ0) is 18.9. The summed E-state index contributed by atoms with van der Waals surface area (Å²) in [6.07, 6.45) is 0.740. The van der Waals surface area contributed by atoms with Crippen LogP contribution in [0.5, 0.6) is 0 Å². The molecule has 8 heteroatoms. The van der Waals surface area contributed by atoms with Gasteiger partial charge in [-0.25, -0.2) is 9.07 Å². The second-order valence-electron chi connectivity index (χ2n) is 6.50. The summed E-state index contributed by atoms with van der Waals surface area (Å²) in [4.78, 5) is 14.1. The first-order chi connectivity index (χ1) is 12.3. The van der Waals surface area contributed by atoms with Crippen LogP contribution < -0.4 is 0 Å². The summed E-state index contributed by atoms with van der Waals surface area (Å²) in [7, 11) is 1.54. The first-order valence-corrected chi connectivity index (χ1v) is 8.47. The van der Waals surface area contributed by atoms with Gasteiger partial charge in [0.15, 0.2) is 5.69 Å². The smallest absolute Gasteiger partial charge is 0.339 e. The maximum atomic E-state index is 13.7. The minimum Gasteiger partial charge on any atom is -0.339 e. The molecular weight excluding hydrogens is 350 g/mol. The van der Waals surface area contributed by atoms with Crippen LogP contribution in [0, 0.1) is 5.82 Å². The molecule has 4 nitrogen and oxygen atoms in total. The maximum Gasteiger partial charge on any atom is 0.434 e. The third kappa shape index (κ3) is 3.59. The summed E-state index contributed by atoms with van der Waals surface area (Å²) in [5, 5.41) is 3.76. The number of hydrogen-bond donors (Lipinski definition) is 0. The Morgan fingerprint density at radius 1 is 1.15 bits per heavy atom. The highest BCUT2D eigenvalue weighted by Gasteiger charge is 2.41. The molecule has 0 spiro atoms. The lowest BCUT2D eigenvalue weighted by Gasteiger charge is -2.31. The summed E-state index contributed by atoms with van der Waals surface area (Å²) in [6, 6.07) is 4.42. The summed E-state index contributed by atoms with van der Waals surface area (Å²) in [5.74, 6) is -1.26. The molecule has 0 radical (unpaired) electrons. The molecule has 1 fully saturated rings. The van der Waals surface area contributed by atoms with Crippen molar-refractivity contribution in [2.24, 2.45) is 0 Å². The Bertz CT molecular complexity index is 777. The van der Waals surface area contributed by atoms with E-state index in [9.17, 15) is 22.4 Å². The summed E-state index contributed by atoms with van der Waals surface area (Å²) in [5.41, 5.74) is -1.59. The van der Waals surface area contributed by atoms with E-state index < -0.39 is 29.2 Å². The van der Waals surface area contributed by atoms with Crippen molar-refractivity contribution in [2.45, 2.75) is 44.3 Å². The molecule has 0 N–H and O–H groups in total. The third-order valence-electron chi connectivity index (χ3n) is 4.78. The van der Waals surface area contributed by atoms with Gasteiger partial charge in [0, 0.05) is 13.1 Å². The zero-order valence-electron chi connectivity index (χ0n) is 14.3. The Labute approximate surface area is 148 Å². The highest BCUT2D eigenvalue weighted by atomic mass is 19.4. The van der Waals surface area contributed by atoms with E-state index in [1.54, 1.807) is 0 Å². The lowest BCUT2D eigenvalue weighted by molar-refractivity contribution is -0.143. The van der Waals surface area contributed by atoms with Gasteiger partial charge in [0.1, 0.15) is 5.82 Å². The fraction of sp³-hybridized carbons (Fsp3) is 0.444. The molecule has 1 amide bonds. The van der Waals surface area contributed by atoms with Crippen LogP contribution in [0.15, 0.2) is 30.5 Å². The van der Waals surface area contributed by atoms with Gasteiger partial charge in [0.25, 0.3) is 5.91 Å². The molecule has 1 aromatic carbocycles. The second-order valence-corrected chi connectivity index (χ2v) is 6.50. The Hall–Kier alpha value is -2.38. The second kappa shape index (κ2) is 7.09. The third-order valence-corrected chi connectivity index (χ3v) is 4.78. The molecule has 0 atom stereocenters. The van der Waals surface area contributed by atoms with Gasteiger partial charge in [-0.3, -0.25) is 4.79 Å². The van der Waals surface area contributed by atoms with Gasteiger partial charge in [0.2, 0.25) is 0 Å². The van der Waals surface area contributed by atoms with Gasteiger partial charge >= 0.3 is 6.18 Å². The van der Waals surface area contributed by atoms with Gasteiger partial charge in [-0.05, 0) is 37.1 Å². The standard InChI is InChI=1S/C18H19F4N3O/c1-24(13-5-3-2-4-6-13)17(26)15-11-23-25(16(15)18(20,21)22)14-9-7-12(19)8-10-14/h7-11,13H,2-6H2,1H3. The minimum absolute atomic E-state index is 0.0399. The fourth-order valence-electron chi connectivity index (χ4n) is 3.38. The van der Waals surface area contributed by atoms with Crippen molar-refractivity contribution < 1.29 is 22.4 Å². The van der Waals surface area contributed by atoms with Gasteiger partial charge in [-0.1, -0.05) is 19.3 Å². The van der Waals surface area contributed by atoms with E-state index in [4.69, 9.17) is 0 Å². The molecule has 0 bridgehead atoms.